The first-order valence-corrected chi connectivity index (χ1v) is 10.5. The Bertz CT molecular complexity index is 1110. The fourth-order valence-electron chi connectivity index (χ4n) is 3.50. The van der Waals surface area contributed by atoms with E-state index in [0.717, 1.165) is 11.6 Å². The van der Waals surface area contributed by atoms with Gasteiger partial charge in [-0.05, 0) is 42.3 Å². The van der Waals surface area contributed by atoms with Crippen LogP contribution >= 0.6 is 0 Å². The summed E-state index contributed by atoms with van der Waals surface area (Å²) >= 11 is 0. The zero-order valence-electron chi connectivity index (χ0n) is 18.0. The van der Waals surface area contributed by atoms with Crippen LogP contribution in [-0.4, -0.2) is 23.6 Å². The third-order valence-corrected chi connectivity index (χ3v) is 5.35. The Morgan fingerprint density at radius 2 is 1.73 bits per heavy atom. The van der Waals surface area contributed by atoms with E-state index in [1.807, 2.05) is 25.1 Å². The van der Waals surface area contributed by atoms with Crippen LogP contribution in [0.5, 0.6) is 0 Å². The summed E-state index contributed by atoms with van der Waals surface area (Å²) in [5, 5.41) is 8.71. The van der Waals surface area contributed by atoms with Crippen LogP contribution in [0.2, 0.25) is 0 Å². The number of hydrogen-bond donors (Lipinski definition) is 0. The SMILES string of the molecule is CC(c1ccc(-c2ccc(F)cc2F)cc1)N1CCC(CC#N)OC1=O.Fc1ccccc1. The number of nitriles is 1. The largest absolute Gasteiger partial charge is 0.445 e. The predicted molar refractivity (Wildman–Crippen MR) is 118 cm³/mol. The van der Waals surface area contributed by atoms with E-state index in [2.05, 4.69) is 0 Å². The summed E-state index contributed by atoms with van der Waals surface area (Å²) in [6, 6.07) is 20.3. The van der Waals surface area contributed by atoms with Crippen LogP contribution in [-0.2, 0) is 4.74 Å². The van der Waals surface area contributed by atoms with Gasteiger partial charge in [0.1, 0.15) is 23.6 Å². The highest BCUT2D eigenvalue weighted by Crippen LogP contribution is 2.29. The Kier molecular flexibility index (Phi) is 8.09. The smallest absolute Gasteiger partial charge is 0.410 e. The van der Waals surface area contributed by atoms with Crippen molar-refractivity contribution in [3.8, 4) is 17.2 Å². The van der Waals surface area contributed by atoms with Gasteiger partial charge in [0.15, 0.2) is 0 Å². The Labute approximate surface area is 190 Å². The molecule has 1 aliphatic rings. The topological polar surface area (TPSA) is 53.3 Å². The first-order valence-electron chi connectivity index (χ1n) is 10.5. The monoisotopic (exact) mass is 452 g/mol. The van der Waals surface area contributed by atoms with Crippen LogP contribution in [0.15, 0.2) is 72.8 Å². The molecule has 0 saturated carbocycles. The Hall–Kier alpha value is -3.79. The second-order valence-electron chi connectivity index (χ2n) is 7.57. The molecular weight excluding hydrogens is 429 g/mol. The molecule has 4 nitrogen and oxygen atoms in total. The lowest BCUT2D eigenvalue weighted by Crippen LogP contribution is -2.43. The molecule has 1 saturated heterocycles. The summed E-state index contributed by atoms with van der Waals surface area (Å²) in [6.45, 7) is 2.40. The first-order chi connectivity index (χ1) is 15.9. The third-order valence-electron chi connectivity index (χ3n) is 5.35. The average Bonchev–Trinajstić information content (AvgIpc) is 2.80. The quantitative estimate of drug-likeness (QED) is 0.446. The van der Waals surface area contributed by atoms with Gasteiger partial charge >= 0.3 is 6.09 Å². The predicted octanol–water partition coefficient (Wildman–Crippen LogP) is 6.64. The summed E-state index contributed by atoms with van der Waals surface area (Å²) < 4.78 is 44.1. The molecule has 33 heavy (non-hydrogen) atoms. The number of carbonyl (C=O) groups excluding carboxylic acids is 1. The maximum atomic E-state index is 13.9. The molecule has 1 heterocycles. The number of carbonyl (C=O) groups is 1. The van der Waals surface area contributed by atoms with E-state index in [0.29, 0.717) is 24.1 Å². The normalized spacial score (nSPS) is 16.2. The molecule has 0 radical (unpaired) electrons. The molecule has 2 atom stereocenters. The van der Waals surface area contributed by atoms with Crippen LogP contribution in [0.1, 0.15) is 31.4 Å². The van der Waals surface area contributed by atoms with E-state index in [1.165, 1.54) is 24.3 Å². The highest BCUT2D eigenvalue weighted by atomic mass is 19.1. The van der Waals surface area contributed by atoms with Gasteiger partial charge in [-0.2, -0.15) is 5.26 Å². The van der Waals surface area contributed by atoms with E-state index in [-0.39, 0.29) is 24.4 Å². The van der Waals surface area contributed by atoms with Gasteiger partial charge in [-0.1, -0.05) is 42.5 Å². The minimum Gasteiger partial charge on any atom is -0.445 e. The summed E-state index contributed by atoms with van der Waals surface area (Å²) in [7, 11) is 0. The fourth-order valence-corrected chi connectivity index (χ4v) is 3.50. The molecular formula is C26H23F3N2O2. The van der Waals surface area contributed by atoms with E-state index >= 15 is 0 Å². The number of rotatable bonds is 4. The van der Waals surface area contributed by atoms with Crippen LogP contribution in [0.25, 0.3) is 11.1 Å². The lowest BCUT2D eigenvalue weighted by Gasteiger charge is -2.35. The van der Waals surface area contributed by atoms with Crippen molar-refractivity contribution in [3.63, 3.8) is 0 Å². The van der Waals surface area contributed by atoms with Crippen LogP contribution < -0.4 is 0 Å². The molecule has 1 amide bonds. The number of amides is 1. The number of ether oxygens (including phenoxy) is 1. The molecule has 7 heteroatoms. The van der Waals surface area contributed by atoms with Gasteiger partial charge in [0.25, 0.3) is 0 Å². The Balaban J connectivity index is 0.000000374. The molecule has 170 valence electrons. The van der Waals surface area contributed by atoms with E-state index in [4.69, 9.17) is 10.00 Å². The summed E-state index contributed by atoms with van der Waals surface area (Å²) in [4.78, 5) is 13.8. The number of hydrogen-bond acceptors (Lipinski definition) is 3. The molecule has 2 unspecified atom stereocenters. The van der Waals surface area contributed by atoms with Crippen LogP contribution in [0, 0.1) is 28.8 Å². The molecule has 4 rings (SSSR count). The molecule has 0 aromatic heterocycles. The molecule has 1 aliphatic heterocycles. The number of cyclic esters (lactones) is 1. The minimum atomic E-state index is -0.617. The van der Waals surface area contributed by atoms with Gasteiger partial charge in [-0.15, -0.1) is 0 Å². The van der Waals surface area contributed by atoms with Crippen molar-refractivity contribution in [3.05, 3.63) is 95.8 Å². The van der Waals surface area contributed by atoms with Crippen molar-refractivity contribution in [1.82, 2.24) is 4.90 Å². The Morgan fingerprint density at radius 1 is 1.03 bits per heavy atom. The van der Waals surface area contributed by atoms with Gasteiger partial charge in [0.05, 0.1) is 18.5 Å². The summed E-state index contributed by atoms with van der Waals surface area (Å²) in [5.74, 6) is -1.41. The fraction of sp³-hybridized carbons (Fsp3) is 0.231. The van der Waals surface area contributed by atoms with Crippen LogP contribution in [0.4, 0.5) is 18.0 Å². The van der Waals surface area contributed by atoms with Crippen molar-refractivity contribution >= 4 is 6.09 Å². The maximum Gasteiger partial charge on any atom is 0.410 e. The molecule has 1 fully saturated rings. The van der Waals surface area contributed by atoms with Gasteiger partial charge < -0.3 is 9.64 Å². The lowest BCUT2D eigenvalue weighted by molar-refractivity contribution is 0.0153. The third kappa shape index (κ3) is 6.36. The highest BCUT2D eigenvalue weighted by molar-refractivity contribution is 5.69. The number of halogens is 3. The van der Waals surface area contributed by atoms with E-state index in [9.17, 15) is 18.0 Å². The van der Waals surface area contributed by atoms with E-state index in [1.54, 1.807) is 35.2 Å². The molecule has 0 aliphatic carbocycles. The minimum absolute atomic E-state index is 0.178. The molecule has 3 aromatic rings. The van der Waals surface area contributed by atoms with Gasteiger partial charge in [0, 0.05) is 24.6 Å². The summed E-state index contributed by atoms with van der Waals surface area (Å²) in [5.41, 5.74) is 1.84. The van der Waals surface area contributed by atoms with E-state index < -0.39 is 17.7 Å². The number of benzene rings is 3. The van der Waals surface area contributed by atoms with Gasteiger partial charge in [-0.3, -0.25) is 0 Å². The van der Waals surface area contributed by atoms with Crippen molar-refractivity contribution in [2.45, 2.75) is 31.9 Å². The Morgan fingerprint density at radius 3 is 2.27 bits per heavy atom. The second kappa shape index (κ2) is 11.2. The van der Waals surface area contributed by atoms with Gasteiger partial charge in [-0.25, -0.2) is 18.0 Å². The molecule has 0 N–H and O–H groups in total. The van der Waals surface area contributed by atoms with Crippen molar-refractivity contribution < 1.29 is 22.7 Å². The van der Waals surface area contributed by atoms with Gasteiger partial charge in [0.2, 0.25) is 0 Å². The average molecular weight is 452 g/mol. The summed E-state index contributed by atoms with van der Waals surface area (Å²) in [6.07, 6.45) is 0.0337. The molecule has 0 spiro atoms. The standard InChI is InChI=1S/C20H18F2N2O2.C6H5F/c1-13(24-11-9-17(8-10-23)26-20(24)25)14-2-4-15(5-3-14)18-7-6-16(21)12-19(18)22;7-6-4-2-1-3-5-6/h2-7,12-13,17H,8-9,11H2,1H3;1-5H. The number of nitrogens with zero attached hydrogens (tertiary/aromatic N) is 2. The second-order valence-corrected chi connectivity index (χ2v) is 7.57. The molecule has 3 aromatic carbocycles. The van der Waals surface area contributed by atoms with Crippen molar-refractivity contribution in [2.24, 2.45) is 0 Å². The zero-order chi connectivity index (χ0) is 23.8. The molecule has 0 bridgehead atoms. The highest BCUT2D eigenvalue weighted by Gasteiger charge is 2.30. The zero-order valence-corrected chi connectivity index (χ0v) is 18.0. The maximum absolute atomic E-state index is 13.9. The lowest BCUT2D eigenvalue weighted by atomic mass is 10.00. The van der Waals surface area contributed by atoms with Crippen molar-refractivity contribution in [1.29, 1.82) is 5.26 Å². The first kappa shape index (κ1) is 23.9. The van der Waals surface area contributed by atoms with Crippen molar-refractivity contribution in [2.75, 3.05) is 6.54 Å². The van der Waals surface area contributed by atoms with Crippen LogP contribution in [0.3, 0.4) is 0 Å².